The van der Waals surface area contributed by atoms with Gasteiger partial charge < -0.3 is 15.1 Å². The zero-order valence-electron chi connectivity index (χ0n) is 17.9. The molecule has 5 rings (SSSR count). The zero-order chi connectivity index (χ0) is 25.2. The van der Waals surface area contributed by atoms with Crippen molar-refractivity contribution in [3.05, 3.63) is 58.9 Å². The lowest BCUT2D eigenvalue weighted by Gasteiger charge is -2.24. The van der Waals surface area contributed by atoms with E-state index in [1.807, 2.05) is 0 Å². The van der Waals surface area contributed by atoms with Gasteiger partial charge in [0.15, 0.2) is 9.84 Å². The van der Waals surface area contributed by atoms with Gasteiger partial charge in [-0.25, -0.2) is 8.42 Å². The molecule has 0 radical (unpaired) electrons. The van der Waals surface area contributed by atoms with Gasteiger partial charge in [0.05, 0.1) is 28.9 Å². The molecule has 0 bridgehead atoms. The standard InChI is InChI=1S/C22H18ClF3N4O4S/c23-14-4-1-12(2-5-14)10-30-16-9-13(3-6-17(16)35(32,33)11-15(27)19(30)31)18-28-29-20(34-18)21(7-8-21)22(24,25)26/h1-6,9,15H,7-8,10-11,27H2/t15-/m0/s1. The first kappa shape index (κ1) is 23.8. The molecule has 184 valence electrons. The van der Waals surface area contributed by atoms with Crippen molar-refractivity contribution in [2.45, 2.75) is 41.9 Å². The van der Waals surface area contributed by atoms with E-state index < -0.39 is 45.0 Å². The molecule has 0 spiro atoms. The maximum atomic E-state index is 13.5. The summed E-state index contributed by atoms with van der Waals surface area (Å²) in [5.41, 5.74) is 4.60. The fourth-order valence-corrected chi connectivity index (χ4v) is 5.74. The van der Waals surface area contributed by atoms with Gasteiger partial charge in [-0.3, -0.25) is 4.79 Å². The molecule has 1 fully saturated rings. The molecule has 2 N–H and O–H groups in total. The van der Waals surface area contributed by atoms with E-state index in [1.165, 1.54) is 23.1 Å². The molecule has 1 aromatic heterocycles. The van der Waals surface area contributed by atoms with Crippen LogP contribution < -0.4 is 10.6 Å². The number of aromatic nitrogens is 2. The highest BCUT2D eigenvalue weighted by Crippen LogP contribution is 2.58. The van der Waals surface area contributed by atoms with Gasteiger partial charge in [-0.05, 0) is 48.7 Å². The van der Waals surface area contributed by atoms with Crippen molar-refractivity contribution in [1.82, 2.24) is 10.2 Å². The summed E-state index contributed by atoms with van der Waals surface area (Å²) in [7, 11) is -3.94. The van der Waals surface area contributed by atoms with Crippen LogP contribution >= 0.6 is 11.6 Å². The maximum absolute atomic E-state index is 13.5. The second-order valence-corrected chi connectivity index (χ2v) is 11.1. The summed E-state index contributed by atoms with van der Waals surface area (Å²) in [5, 5.41) is 7.85. The third kappa shape index (κ3) is 4.09. The molecule has 8 nitrogen and oxygen atoms in total. The summed E-state index contributed by atoms with van der Waals surface area (Å²) in [5.74, 6) is -1.98. The van der Waals surface area contributed by atoms with Crippen LogP contribution in [0.2, 0.25) is 5.02 Å². The predicted octanol–water partition coefficient (Wildman–Crippen LogP) is 3.63. The number of hydrogen-bond donors (Lipinski definition) is 1. The maximum Gasteiger partial charge on any atom is 0.403 e. The third-order valence-corrected chi connectivity index (χ3v) is 8.26. The zero-order valence-corrected chi connectivity index (χ0v) is 19.5. The van der Waals surface area contributed by atoms with Crippen LogP contribution in [0.1, 0.15) is 24.3 Å². The Morgan fingerprint density at radius 3 is 2.46 bits per heavy atom. The highest BCUT2D eigenvalue weighted by molar-refractivity contribution is 7.91. The van der Waals surface area contributed by atoms with E-state index in [2.05, 4.69) is 10.2 Å². The Balaban J connectivity index is 1.59. The van der Waals surface area contributed by atoms with Crippen LogP contribution in [-0.2, 0) is 26.6 Å². The molecule has 0 saturated heterocycles. The van der Waals surface area contributed by atoms with Crippen molar-refractivity contribution in [2.75, 3.05) is 10.7 Å². The molecule has 2 aliphatic rings. The van der Waals surface area contributed by atoms with Crippen molar-refractivity contribution in [1.29, 1.82) is 0 Å². The molecule has 13 heteroatoms. The largest absolute Gasteiger partial charge is 0.420 e. The Hall–Kier alpha value is -2.96. The Bertz CT molecular complexity index is 1420. The Morgan fingerprint density at radius 2 is 1.83 bits per heavy atom. The van der Waals surface area contributed by atoms with Gasteiger partial charge in [-0.2, -0.15) is 13.2 Å². The van der Waals surface area contributed by atoms with Crippen molar-refractivity contribution >= 4 is 33.0 Å². The van der Waals surface area contributed by atoms with Crippen LogP contribution in [0.3, 0.4) is 0 Å². The van der Waals surface area contributed by atoms with Gasteiger partial charge in [0.2, 0.25) is 17.7 Å². The predicted molar refractivity (Wildman–Crippen MR) is 119 cm³/mol. The number of hydrogen-bond acceptors (Lipinski definition) is 7. The number of carbonyl (C=O) groups is 1. The molecule has 0 unspecified atom stereocenters. The fourth-order valence-electron chi connectivity index (χ4n) is 4.05. The van der Waals surface area contributed by atoms with Gasteiger partial charge in [0, 0.05) is 10.6 Å². The van der Waals surface area contributed by atoms with Gasteiger partial charge in [0.25, 0.3) is 0 Å². The van der Waals surface area contributed by atoms with Gasteiger partial charge in [0.1, 0.15) is 5.41 Å². The van der Waals surface area contributed by atoms with Crippen molar-refractivity contribution in [3.8, 4) is 11.5 Å². The number of rotatable bonds is 4. The molecule has 1 aliphatic heterocycles. The highest BCUT2D eigenvalue weighted by atomic mass is 35.5. The fraction of sp³-hybridized carbons (Fsp3) is 0.318. The van der Waals surface area contributed by atoms with E-state index in [-0.39, 0.29) is 41.4 Å². The average Bonchev–Trinajstić information content (AvgIpc) is 3.49. The number of anilines is 1. The molecule has 2 heterocycles. The summed E-state index contributed by atoms with van der Waals surface area (Å²) >= 11 is 5.93. The summed E-state index contributed by atoms with van der Waals surface area (Å²) in [6.45, 7) is -0.0120. The number of benzene rings is 2. The first-order valence-electron chi connectivity index (χ1n) is 10.5. The number of nitrogens with zero attached hydrogens (tertiary/aromatic N) is 3. The van der Waals surface area contributed by atoms with E-state index in [1.54, 1.807) is 24.3 Å². The van der Waals surface area contributed by atoms with Crippen LogP contribution in [0.4, 0.5) is 18.9 Å². The van der Waals surface area contributed by atoms with E-state index in [4.69, 9.17) is 21.8 Å². The minimum atomic E-state index is -4.53. The van der Waals surface area contributed by atoms with Crippen molar-refractivity contribution in [2.24, 2.45) is 5.73 Å². The average molecular weight is 527 g/mol. The summed E-state index contributed by atoms with van der Waals surface area (Å²) in [4.78, 5) is 14.2. The molecule has 1 saturated carbocycles. The number of nitrogens with two attached hydrogens (primary N) is 1. The van der Waals surface area contributed by atoms with Gasteiger partial charge in [-0.15, -0.1) is 10.2 Å². The molecular weight excluding hydrogens is 509 g/mol. The second kappa shape index (κ2) is 8.04. The SMILES string of the molecule is N[C@H]1CS(=O)(=O)c2ccc(-c3nnc(C4(C(F)(F)F)CC4)o3)cc2N(Cc2ccc(Cl)cc2)C1=O. The monoisotopic (exact) mass is 526 g/mol. The highest BCUT2D eigenvalue weighted by Gasteiger charge is 2.68. The summed E-state index contributed by atoms with van der Waals surface area (Å²) in [6.07, 6.45) is -4.83. The minimum absolute atomic E-state index is 0.0120. The van der Waals surface area contributed by atoms with E-state index >= 15 is 0 Å². The molecule has 2 aromatic carbocycles. The third-order valence-electron chi connectivity index (χ3n) is 6.19. The first-order chi connectivity index (χ1) is 16.4. The Morgan fingerprint density at radius 1 is 1.14 bits per heavy atom. The van der Waals surface area contributed by atoms with E-state index in [0.29, 0.717) is 10.6 Å². The van der Waals surface area contributed by atoms with Crippen LogP contribution in [-0.4, -0.2) is 42.5 Å². The second-order valence-electron chi connectivity index (χ2n) is 8.61. The smallest absolute Gasteiger partial charge is 0.403 e. The Labute approximate surface area is 202 Å². The van der Waals surface area contributed by atoms with E-state index in [0.717, 1.165) is 0 Å². The topological polar surface area (TPSA) is 119 Å². The number of sulfone groups is 1. The first-order valence-corrected chi connectivity index (χ1v) is 12.5. The molecule has 1 aliphatic carbocycles. The normalized spacial score (nSPS) is 20.9. The van der Waals surface area contributed by atoms with Gasteiger partial charge in [-0.1, -0.05) is 23.7 Å². The van der Waals surface area contributed by atoms with Gasteiger partial charge >= 0.3 is 6.18 Å². The lowest BCUT2D eigenvalue weighted by Crippen LogP contribution is -2.45. The number of alkyl halides is 3. The van der Waals surface area contributed by atoms with Crippen LogP contribution in [0.25, 0.3) is 11.5 Å². The van der Waals surface area contributed by atoms with Crippen molar-refractivity contribution < 1.29 is 30.8 Å². The quantitative estimate of drug-likeness (QED) is 0.551. The summed E-state index contributed by atoms with van der Waals surface area (Å²) < 4.78 is 71.6. The lowest BCUT2D eigenvalue weighted by molar-refractivity contribution is -0.165. The molecule has 1 atom stereocenters. The van der Waals surface area contributed by atoms with E-state index in [9.17, 15) is 26.4 Å². The van der Waals surface area contributed by atoms with Crippen molar-refractivity contribution in [3.63, 3.8) is 0 Å². The lowest BCUT2D eigenvalue weighted by atomic mass is 10.1. The molecule has 1 amide bonds. The molecular formula is C22H18ClF3N4O4S. The molecule has 3 aromatic rings. The minimum Gasteiger partial charge on any atom is -0.420 e. The number of fused-ring (bicyclic) bond motifs is 1. The number of carbonyl (C=O) groups excluding carboxylic acids is 1. The number of halogens is 4. The van der Waals surface area contributed by atoms with Crippen LogP contribution in [0.5, 0.6) is 0 Å². The van der Waals surface area contributed by atoms with Crippen LogP contribution in [0, 0.1) is 0 Å². The molecule has 35 heavy (non-hydrogen) atoms. The number of amides is 1. The summed E-state index contributed by atoms with van der Waals surface area (Å²) in [6, 6.07) is 9.26. The van der Waals surface area contributed by atoms with Crippen LogP contribution in [0.15, 0.2) is 51.8 Å². The Kier molecular flexibility index (Phi) is 5.46.